The zero-order chi connectivity index (χ0) is 15.1. The maximum absolute atomic E-state index is 4.47. The van der Waals surface area contributed by atoms with E-state index >= 15 is 0 Å². The average molecular weight is 430 g/mol. The van der Waals surface area contributed by atoms with Gasteiger partial charge in [0.05, 0.1) is 0 Å². The van der Waals surface area contributed by atoms with Gasteiger partial charge in [0.15, 0.2) is 0 Å². The van der Waals surface area contributed by atoms with Crippen LogP contribution in [0.1, 0.15) is 12.6 Å². The second-order valence-corrected chi connectivity index (χ2v) is 7.62. The number of aromatic nitrogens is 1. The summed E-state index contributed by atoms with van der Waals surface area (Å²) in [5, 5.41) is 3.55. The van der Waals surface area contributed by atoms with E-state index in [9.17, 15) is 0 Å². The monoisotopic (exact) mass is 428 g/mol. The molecule has 1 aromatic heterocycles. The smallest absolute Gasteiger partial charge is 0.0420 e. The Balaban J connectivity index is 1.93. The van der Waals surface area contributed by atoms with Gasteiger partial charge in [-0.2, -0.15) is 0 Å². The van der Waals surface area contributed by atoms with Crippen LogP contribution in [0, 0.1) is 0 Å². The van der Waals surface area contributed by atoms with Gasteiger partial charge in [0.1, 0.15) is 0 Å². The Morgan fingerprint density at radius 1 is 1.19 bits per heavy atom. The number of pyridine rings is 1. The number of benzene rings is 1. The average Bonchev–Trinajstić information content (AvgIpc) is 2.47. The van der Waals surface area contributed by atoms with Crippen molar-refractivity contribution in [2.24, 2.45) is 0 Å². The molecule has 1 heterocycles. The molecule has 1 N–H and O–H groups in total. The summed E-state index contributed by atoms with van der Waals surface area (Å²) in [5.74, 6) is 1.03. The minimum atomic E-state index is 0.424. The van der Waals surface area contributed by atoms with Crippen molar-refractivity contribution in [3.63, 3.8) is 0 Å². The van der Waals surface area contributed by atoms with Gasteiger partial charge in [-0.05, 0) is 52.8 Å². The number of nitrogens with zero attached hydrogens (tertiary/aromatic N) is 1. The van der Waals surface area contributed by atoms with E-state index in [1.165, 1.54) is 4.90 Å². The van der Waals surface area contributed by atoms with Crippen molar-refractivity contribution in [2.75, 3.05) is 12.3 Å². The molecule has 0 saturated heterocycles. The largest absolute Gasteiger partial charge is 0.313 e. The topological polar surface area (TPSA) is 24.9 Å². The molecular weight excluding hydrogens is 412 g/mol. The molecule has 0 aliphatic rings. The summed E-state index contributed by atoms with van der Waals surface area (Å²) in [5.41, 5.74) is 1.12. The molecule has 112 valence electrons. The third-order valence-corrected chi connectivity index (χ3v) is 5.10. The van der Waals surface area contributed by atoms with E-state index in [1.807, 2.05) is 24.0 Å². The maximum atomic E-state index is 4.47. The van der Waals surface area contributed by atoms with Crippen LogP contribution in [-0.2, 0) is 6.42 Å². The predicted octanol–water partition coefficient (Wildman–Crippen LogP) is 4.92. The SMILES string of the molecule is CCNC(CSc1cccc(Br)c1)Cc1ccc(Br)cn1. The fraction of sp³-hybridized carbons (Fsp3) is 0.312. The molecule has 2 rings (SSSR count). The lowest BCUT2D eigenvalue weighted by atomic mass is 10.1. The molecule has 2 aromatic rings. The molecule has 0 amide bonds. The molecule has 21 heavy (non-hydrogen) atoms. The minimum absolute atomic E-state index is 0.424. The number of halogens is 2. The Bertz CT molecular complexity index is 560. The first kappa shape index (κ1) is 17.0. The molecule has 1 aromatic carbocycles. The maximum Gasteiger partial charge on any atom is 0.0420 e. The summed E-state index contributed by atoms with van der Waals surface area (Å²) >= 11 is 8.82. The lowest BCUT2D eigenvalue weighted by Crippen LogP contribution is -2.33. The van der Waals surface area contributed by atoms with Crippen LogP contribution in [0.4, 0.5) is 0 Å². The summed E-state index contributed by atoms with van der Waals surface area (Å²) in [4.78, 5) is 5.75. The molecule has 5 heteroatoms. The fourth-order valence-electron chi connectivity index (χ4n) is 2.01. The van der Waals surface area contributed by atoms with Gasteiger partial charge in [0.2, 0.25) is 0 Å². The molecule has 0 bridgehead atoms. The van der Waals surface area contributed by atoms with Crippen LogP contribution in [0.2, 0.25) is 0 Å². The van der Waals surface area contributed by atoms with Crippen LogP contribution in [0.15, 0.2) is 56.4 Å². The van der Waals surface area contributed by atoms with Gasteiger partial charge in [0.25, 0.3) is 0 Å². The Morgan fingerprint density at radius 3 is 2.71 bits per heavy atom. The molecule has 0 fully saturated rings. The van der Waals surface area contributed by atoms with Crippen LogP contribution in [0.3, 0.4) is 0 Å². The molecule has 0 radical (unpaired) electrons. The molecule has 0 aliphatic carbocycles. The molecule has 1 unspecified atom stereocenters. The lowest BCUT2D eigenvalue weighted by molar-refractivity contribution is 0.566. The van der Waals surface area contributed by atoms with Crippen molar-refractivity contribution >= 4 is 43.6 Å². The van der Waals surface area contributed by atoms with Crippen molar-refractivity contribution in [3.05, 3.63) is 57.2 Å². The first-order chi connectivity index (χ1) is 10.2. The van der Waals surface area contributed by atoms with Crippen LogP contribution in [-0.4, -0.2) is 23.3 Å². The summed E-state index contributed by atoms with van der Waals surface area (Å²) in [6, 6.07) is 13.0. The molecule has 2 nitrogen and oxygen atoms in total. The molecule has 1 atom stereocenters. The molecular formula is C16H18Br2N2S. The van der Waals surface area contributed by atoms with E-state index in [4.69, 9.17) is 0 Å². The Kier molecular flexibility index (Phi) is 7.23. The van der Waals surface area contributed by atoms with Crippen LogP contribution >= 0.6 is 43.6 Å². The second-order valence-electron chi connectivity index (χ2n) is 4.69. The number of rotatable bonds is 7. The quantitative estimate of drug-likeness (QED) is 0.632. The van der Waals surface area contributed by atoms with Gasteiger partial charge in [-0.25, -0.2) is 0 Å². The number of hydrogen-bond acceptors (Lipinski definition) is 3. The van der Waals surface area contributed by atoms with E-state index in [-0.39, 0.29) is 0 Å². The van der Waals surface area contributed by atoms with E-state index in [0.717, 1.165) is 33.4 Å². The normalized spacial score (nSPS) is 12.3. The summed E-state index contributed by atoms with van der Waals surface area (Å²) < 4.78 is 2.15. The predicted molar refractivity (Wildman–Crippen MR) is 98.0 cm³/mol. The van der Waals surface area contributed by atoms with Crippen LogP contribution in [0.5, 0.6) is 0 Å². The highest BCUT2D eigenvalue weighted by Crippen LogP contribution is 2.23. The molecule has 0 aliphatic heterocycles. The van der Waals surface area contributed by atoms with Crippen molar-refractivity contribution in [1.29, 1.82) is 0 Å². The van der Waals surface area contributed by atoms with Gasteiger partial charge in [-0.3, -0.25) is 4.98 Å². The Hall–Kier alpha value is -0.360. The minimum Gasteiger partial charge on any atom is -0.313 e. The Morgan fingerprint density at radius 2 is 2.05 bits per heavy atom. The van der Waals surface area contributed by atoms with Gasteiger partial charge in [-0.1, -0.05) is 28.9 Å². The van der Waals surface area contributed by atoms with E-state index in [1.54, 1.807) is 0 Å². The summed E-state index contributed by atoms with van der Waals surface area (Å²) in [6.07, 6.45) is 2.81. The standard InChI is InChI=1S/C16H18Br2N2S/c1-2-19-15(9-14-7-6-13(18)10-20-14)11-21-16-5-3-4-12(17)8-16/h3-8,10,15,19H,2,9,11H2,1H3. The first-order valence-corrected chi connectivity index (χ1v) is 9.46. The van der Waals surface area contributed by atoms with Gasteiger partial charge >= 0.3 is 0 Å². The zero-order valence-corrected chi connectivity index (χ0v) is 15.8. The number of thioether (sulfide) groups is 1. The zero-order valence-electron chi connectivity index (χ0n) is 11.9. The van der Waals surface area contributed by atoms with E-state index in [0.29, 0.717) is 6.04 Å². The second kappa shape index (κ2) is 8.93. The van der Waals surface area contributed by atoms with Gasteiger partial charge in [-0.15, -0.1) is 11.8 Å². The third-order valence-electron chi connectivity index (χ3n) is 2.98. The lowest BCUT2D eigenvalue weighted by Gasteiger charge is -2.17. The third kappa shape index (κ3) is 6.10. The van der Waals surface area contributed by atoms with Crippen LogP contribution < -0.4 is 5.32 Å². The number of nitrogens with one attached hydrogen (secondary N) is 1. The van der Waals surface area contributed by atoms with Gasteiger partial charge in [0, 0.05) is 43.9 Å². The van der Waals surface area contributed by atoms with Gasteiger partial charge < -0.3 is 5.32 Å². The van der Waals surface area contributed by atoms with E-state index in [2.05, 4.69) is 79.4 Å². The van der Waals surface area contributed by atoms with Crippen molar-refractivity contribution in [3.8, 4) is 0 Å². The highest BCUT2D eigenvalue weighted by atomic mass is 79.9. The number of hydrogen-bond donors (Lipinski definition) is 1. The van der Waals surface area contributed by atoms with E-state index < -0.39 is 0 Å². The highest BCUT2D eigenvalue weighted by molar-refractivity contribution is 9.10. The summed E-state index contributed by atoms with van der Waals surface area (Å²) in [7, 11) is 0. The van der Waals surface area contributed by atoms with Crippen molar-refractivity contribution in [1.82, 2.24) is 10.3 Å². The van der Waals surface area contributed by atoms with Crippen LogP contribution in [0.25, 0.3) is 0 Å². The Labute approximate surface area is 147 Å². The summed E-state index contributed by atoms with van der Waals surface area (Å²) in [6.45, 7) is 3.12. The van der Waals surface area contributed by atoms with Crippen molar-refractivity contribution < 1.29 is 0 Å². The number of likely N-dealkylation sites (N-methyl/N-ethyl adjacent to an activating group) is 1. The molecule has 0 saturated carbocycles. The molecule has 0 spiro atoms. The fourth-order valence-corrected chi connectivity index (χ4v) is 3.81. The van der Waals surface area contributed by atoms with Crippen molar-refractivity contribution in [2.45, 2.75) is 24.3 Å². The first-order valence-electron chi connectivity index (χ1n) is 6.89. The highest BCUT2D eigenvalue weighted by Gasteiger charge is 2.10.